The molecule has 0 saturated carbocycles. The number of nitrogens with zero attached hydrogens (tertiary/aromatic N) is 2. The second-order valence-electron chi connectivity index (χ2n) is 7.11. The first-order valence-electron chi connectivity index (χ1n) is 9.66. The third-order valence-corrected chi connectivity index (χ3v) is 5.55. The molecule has 0 unspecified atom stereocenters. The van der Waals surface area contributed by atoms with Crippen molar-refractivity contribution in [1.29, 1.82) is 0 Å². The average Bonchev–Trinajstić information content (AvgIpc) is 3.16. The Morgan fingerprint density at radius 3 is 2.77 bits per heavy atom. The minimum absolute atomic E-state index is 0.140. The summed E-state index contributed by atoms with van der Waals surface area (Å²) >= 11 is 3.48. The highest BCUT2D eigenvalue weighted by atomic mass is 79.9. The molecule has 152 valence electrons. The number of halogens is 1. The van der Waals surface area contributed by atoms with Gasteiger partial charge in [0.2, 0.25) is 0 Å². The van der Waals surface area contributed by atoms with Crippen LogP contribution in [0, 0.1) is 0 Å². The van der Waals surface area contributed by atoms with Crippen LogP contribution in [0.4, 0.5) is 16.2 Å². The summed E-state index contributed by atoms with van der Waals surface area (Å²) in [5.74, 6) is -0.212. The first-order chi connectivity index (χ1) is 14.5. The number of anilines is 2. The van der Waals surface area contributed by atoms with Crippen molar-refractivity contribution < 1.29 is 9.59 Å². The van der Waals surface area contributed by atoms with Gasteiger partial charge in [0.25, 0.3) is 5.91 Å². The van der Waals surface area contributed by atoms with Crippen LogP contribution in [0.2, 0.25) is 0 Å². The molecule has 1 aliphatic heterocycles. The SMILES string of the molecule is CNC(=O)c1cc(Cc2cccc(NC(=O)N3CCc4cc(Br)ccc43)c2)ccn1. The van der Waals surface area contributed by atoms with Crippen LogP contribution in [0.25, 0.3) is 0 Å². The summed E-state index contributed by atoms with van der Waals surface area (Å²) in [6, 6.07) is 17.3. The molecule has 4 rings (SSSR count). The highest BCUT2D eigenvalue weighted by Gasteiger charge is 2.24. The van der Waals surface area contributed by atoms with Gasteiger partial charge >= 0.3 is 6.03 Å². The van der Waals surface area contributed by atoms with Gasteiger partial charge in [-0.15, -0.1) is 0 Å². The largest absolute Gasteiger partial charge is 0.354 e. The molecule has 1 aliphatic rings. The molecule has 0 spiro atoms. The molecule has 2 heterocycles. The zero-order valence-corrected chi connectivity index (χ0v) is 18.1. The number of fused-ring (bicyclic) bond motifs is 1. The minimum Gasteiger partial charge on any atom is -0.354 e. The standard InChI is InChI=1S/C23H21BrN4O2/c1-25-22(29)20-13-16(7-9-26-20)11-15-3-2-4-19(12-15)27-23(30)28-10-8-17-14-18(24)5-6-21(17)28/h2-7,9,12-14H,8,10-11H2,1H3,(H,25,29)(H,27,30). The van der Waals surface area contributed by atoms with E-state index in [9.17, 15) is 9.59 Å². The number of nitrogens with one attached hydrogen (secondary N) is 2. The molecule has 1 aromatic heterocycles. The molecule has 0 fully saturated rings. The van der Waals surface area contributed by atoms with Crippen molar-refractivity contribution in [2.75, 3.05) is 23.8 Å². The number of hydrogen-bond acceptors (Lipinski definition) is 3. The first kappa shape index (κ1) is 20.1. The molecule has 0 bridgehead atoms. The monoisotopic (exact) mass is 464 g/mol. The summed E-state index contributed by atoms with van der Waals surface area (Å²) in [5, 5.41) is 5.59. The zero-order chi connectivity index (χ0) is 21.1. The van der Waals surface area contributed by atoms with Gasteiger partial charge in [0, 0.05) is 35.6 Å². The van der Waals surface area contributed by atoms with E-state index in [4.69, 9.17) is 0 Å². The number of urea groups is 1. The highest BCUT2D eigenvalue weighted by molar-refractivity contribution is 9.10. The predicted molar refractivity (Wildman–Crippen MR) is 121 cm³/mol. The molecule has 6 nitrogen and oxygen atoms in total. The predicted octanol–water partition coefficient (Wildman–Crippen LogP) is 4.39. The van der Waals surface area contributed by atoms with Gasteiger partial charge in [0.05, 0.1) is 0 Å². The van der Waals surface area contributed by atoms with E-state index in [2.05, 4.69) is 37.6 Å². The minimum atomic E-state index is -0.212. The third kappa shape index (κ3) is 4.36. The average molecular weight is 465 g/mol. The Balaban J connectivity index is 1.47. The lowest BCUT2D eigenvalue weighted by Crippen LogP contribution is -2.33. The Labute approximate surface area is 183 Å². The molecule has 2 aromatic carbocycles. The number of carbonyl (C=O) groups excluding carboxylic acids is 2. The number of hydrogen-bond donors (Lipinski definition) is 2. The maximum Gasteiger partial charge on any atom is 0.326 e. The van der Waals surface area contributed by atoms with Crippen LogP contribution in [-0.2, 0) is 12.8 Å². The van der Waals surface area contributed by atoms with Crippen LogP contribution in [-0.4, -0.2) is 30.5 Å². The second kappa shape index (κ2) is 8.67. The number of carbonyl (C=O) groups is 2. The summed E-state index contributed by atoms with van der Waals surface area (Å²) in [6.45, 7) is 0.663. The lowest BCUT2D eigenvalue weighted by Gasteiger charge is -2.18. The maximum atomic E-state index is 12.8. The van der Waals surface area contributed by atoms with Gasteiger partial charge in [0.15, 0.2) is 0 Å². The van der Waals surface area contributed by atoms with Crippen LogP contribution in [0.15, 0.2) is 65.3 Å². The maximum absolute atomic E-state index is 12.8. The van der Waals surface area contributed by atoms with Crippen molar-refractivity contribution in [2.24, 2.45) is 0 Å². The topological polar surface area (TPSA) is 74.3 Å². The summed E-state index contributed by atoms with van der Waals surface area (Å²) in [6.07, 6.45) is 3.11. The lowest BCUT2D eigenvalue weighted by molar-refractivity contribution is 0.0958. The van der Waals surface area contributed by atoms with E-state index >= 15 is 0 Å². The fourth-order valence-corrected chi connectivity index (χ4v) is 4.01. The van der Waals surface area contributed by atoms with E-state index in [-0.39, 0.29) is 11.9 Å². The number of amides is 3. The normalized spacial score (nSPS) is 12.4. The van der Waals surface area contributed by atoms with Crippen molar-refractivity contribution >= 4 is 39.2 Å². The fourth-order valence-electron chi connectivity index (χ4n) is 3.60. The van der Waals surface area contributed by atoms with Crippen molar-refractivity contribution in [3.05, 3.63) is 87.7 Å². The summed E-state index contributed by atoms with van der Waals surface area (Å²) in [4.78, 5) is 30.5. The Hall–Kier alpha value is -3.19. The quantitative estimate of drug-likeness (QED) is 0.601. The molecule has 2 N–H and O–H groups in total. The number of benzene rings is 2. The van der Waals surface area contributed by atoms with Crippen molar-refractivity contribution in [2.45, 2.75) is 12.8 Å². The lowest BCUT2D eigenvalue weighted by atomic mass is 10.0. The number of pyridine rings is 1. The molecule has 0 radical (unpaired) electrons. The Kier molecular flexibility index (Phi) is 5.81. The van der Waals surface area contributed by atoms with Gasteiger partial charge < -0.3 is 10.6 Å². The van der Waals surface area contributed by atoms with Crippen molar-refractivity contribution in [3.8, 4) is 0 Å². The molecule has 0 aliphatic carbocycles. The zero-order valence-electron chi connectivity index (χ0n) is 16.5. The molecule has 7 heteroatoms. The fraction of sp³-hybridized carbons (Fsp3) is 0.174. The van der Waals surface area contributed by atoms with Gasteiger partial charge in [-0.3, -0.25) is 14.7 Å². The number of aromatic nitrogens is 1. The first-order valence-corrected chi connectivity index (χ1v) is 10.5. The molecule has 0 saturated heterocycles. The van der Waals surface area contributed by atoms with Crippen molar-refractivity contribution in [1.82, 2.24) is 10.3 Å². The van der Waals surface area contributed by atoms with Crippen LogP contribution in [0.1, 0.15) is 27.2 Å². The summed E-state index contributed by atoms with van der Waals surface area (Å²) in [5.41, 5.74) is 5.25. The van der Waals surface area contributed by atoms with Gasteiger partial charge in [-0.25, -0.2) is 4.79 Å². The smallest absolute Gasteiger partial charge is 0.326 e. The molecular weight excluding hydrogens is 444 g/mol. The van der Waals surface area contributed by atoms with E-state index in [0.717, 1.165) is 39.0 Å². The molecule has 30 heavy (non-hydrogen) atoms. The van der Waals surface area contributed by atoms with Crippen LogP contribution in [0.3, 0.4) is 0 Å². The van der Waals surface area contributed by atoms with Gasteiger partial charge in [-0.1, -0.05) is 28.1 Å². The summed E-state index contributed by atoms with van der Waals surface area (Å²) < 4.78 is 1.02. The molecular formula is C23H21BrN4O2. The Bertz CT molecular complexity index is 1120. The van der Waals surface area contributed by atoms with E-state index < -0.39 is 0 Å². The molecule has 3 amide bonds. The van der Waals surface area contributed by atoms with Gasteiger partial charge in [0.1, 0.15) is 5.69 Å². The summed E-state index contributed by atoms with van der Waals surface area (Å²) in [7, 11) is 1.58. The van der Waals surface area contributed by atoms with Crippen LogP contribution >= 0.6 is 15.9 Å². The molecule has 3 aromatic rings. The van der Waals surface area contributed by atoms with Crippen LogP contribution < -0.4 is 15.5 Å². The van der Waals surface area contributed by atoms with E-state index in [0.29, 0.717) is 18.7 Å². The Morgan fingerprint density at radius 1 is 1.10 bits per heavy atom. The Morgan fingerprint density at radius 2 is 1.93 bits per heavy atom. The van der Waals surface area contributed by atoms with E-state index in [1.807, 2.05) is 42.5 Å². The van der Waals surface area contributed by atoms with E-state index in [1.54, 1.807) is 24.2 Å². The number of rotatable bonds is 4. The van der Waals surface area contributed by atoms with E-state index in [1.165, 1.54) is 0 Å². The second-order valence-corrected chi connectivity index (χ2v) is 8.03. The van der Waals surface area contributed by atoms with Crippen LogP contribution in [0.5, 0.6) is 0 Å². The van der Waals surface area contributed by atoms with Gasteiger partial charge in [-0.2, -0.15) is 0 Å². The third-order valence-electron chi connectivity index (χ3n) is 5.05. The highest BCUT2D eigenvalue weighted by Crippen LogP contribution is 2.31. The van der Waals surface area contributed by atoms with Crippen molar-refractivity contribution in [3.63, 3.8) is 0 Å². The molecule has 0 atom stereocenters. The van der Waals surface area contributed by atoms with Gasteiger partial charge in [-0.05, 0) is 72.0 Å².